The van der Waals surface area contributed by atoms with Gasteiger partial charge in [-0.3, -0.25) is 4.79 Å². The molecule has 5 rings (SSSR count). The molecule has 0 fully saturated rings. The van der Waals surface area contributed by atoms with E-state index in [0.717, 1.165) is 11.3 Å². The molecule has 9 heteroatoms. The Balaban J connectivity index is 1.54. The van der Waals surface area contributed by atoms with Crippen LogP contribution in [0.3, 0.4) is 0 Å². The minimum atomic E-state index is -0.698. The summed E-state index contributed by atoms with van der Waals surface area (Å²) >= 11 is 0. The first-order chi connectivity index (χ1) is 19.3. The lowest BCUT2D eigenvalue weighted by atomic mass is 10.0. The van der Waals surface area contributed by atoms with Crippen LogP contribution >= 0.6 is 0 Å². The van der Waals surface area contributed by atoms with Crippen LogP contribution in [0.5, 0.6) is 0 Å². The summed E-state index contributed by atoms with van der Waals surface area (Å²) < 4.78 is 12.4. The normalized spacial score (nSPS) is 11.0. The summed E-state index contributed by atoms with van der Waals surface area (Å²) in [6.45, 7) is 6.48. The number of pyridine rings is 1. The summed E-state index contributed by atoms with van der Waals surface area (Å²) in [5.41, 5.74) is 4.80. The van der Waals surface area contributed by atoms with Crippen molar-refractivity contribution in [3.05, 3.63) is 101 Å². The van der Waals surface area contributed by atoms with Crippen molar-refractivity contribution < 1.29 is 23.9 Å². The number of hydrogen-bond donors (Lipinski definition) is 1. The summed E-state index contributed by atoms with van der Waals surface area (Å²) in [5.74, 6) is -1.81. The van der Waals surface area contributed by atoms with E-state index in [9.17, 15) is 14.4 Å². The Morgan fingerprint density at radius 2 is 1.50 bits per heavy atom. The number of Topliss-reactive ketones (excluding diaryl/α,β-unsaturated/α-hetero) is 1. The van der Waals surface area contributed by atoms with Gasteiger partial charge in [-0.25, -0.2) is 19.3 Å². The second-order valence-corrected chi connectivity index (χ2v) is 9.30. The first-order valence-electron chi connectivity index (χ1n) is 12.9. The Morgan fingerprint density at radius 3 is 2.17 bits per heavy atom. The number of carbonyl (C=O) groups is 3. The number of esters is 2. The standard InChI is InChI=1S/C31H28N4O5/c1-5-39-31(38)28-19(3)32-18(2)27(28)25(36)17-40-30(37)23-16-24(21-12-8-6-9-13-21)33-29-26(23)20(4)34-35(29)22-14-10-7-11-15-22/h6-16,32H,5,17H2,1-4H3. The number of aromatic amines is 1. The monoisotopic (exact) mass is 536 g/mol. The lowest BCUT2D eigenvalue weighted by Gasteiger charge is -2.10. The molecule has 0 unspecified atom stereocenters. The van der Waals surface area contributed by atoms with Crippen LogP contribution in [0.25, 0.3) is 28.0 Å². The van der Waals surface area contributed by atoms with Crippen LogP contribution in [0.1, 0.15) is 55.1 Å². The van der Waals surface area contributed by atoms with Crippen LogP contribution in [0.4, 0.5) is 0 Å². The van der Waals surface area contributed by atoms with Crippen LogP contribution in [-0.4, -0.2) is 50.7 Å². The van der Waals surface area contributed by atoms with E-state index in [4.69, 9.17) is 14.5 Å². The number of hydrogen-bond acceptors (Lipinski definition) is 7. The van der Waals surface area contributed by atoms with Gasteiger partial charge in [0.05, 0.1) is 45.8 Å². The number of nitrogens with zero attached hydrogens (tertiary/aromatic N) is 3. The lowest BCUT2D eigenvalue weighted by Crippen LogP contribution is -2.18. The van der Waals surface area contributed by atoms with E-state index < -0.39 is 24.3 Å². The van der Waals surface area contributed by atoms with Crippen LogP contribution in [0.2, 0.25) is 0 Å². The van der Waals surface area contributed by atoms with E-state index >= 15 is 0 Å². The topological polar surface area (TPSA) is 116 Å². The van der Waals surface area contributed by atoms with Crippen molar-refractivity contribution >= 4 is 28.8 Å². The van der Waals surface area contributed by atoms with Crippen LogP contribution in [0.15, 0.2) is 66.7 Å². The minimum absolute atomic E-state index is 0.151. The largest absolute Gasteiger partial charge is 0.462 e. The third-order valence-electron chi connectivity index (χ3n) is 6.57. The molecular formula is C31H28N4O5. The predicted molar refractivity (Wildman–Crippen MR) is 150 cm³/mol. The third-order valence-corrected chi connectivity index (χ3v) is 6.57. The van der Waals surface area contributed by atoms with Crippen LogP contribution in [-0.2, 0) is 9.47 Å². The van der Waals surface area contributed by atoms with E-state index in [1.165, 1.54) is 0 Å². The van der Waals surface area contributed by atoms with Crippen molar-refractivity contribution in [2.24, 2.45) is 0 Å². The predicted octanol–water partition coefficient (Wildman–Crippen LogP) is 5.56. The second kappa shape index (κ2) is 11.0. The van der Waals surface area contributed by atoms with Gasteiger partial charge in [-0.2, -0.15) is 5.10 Å². The molecule has 0 aliphatic heterocycles. The zero-order valence-corrected chi connectivity index (χ0v) is 22.6. The summed E-state index contributed by atoms with van der Waals surface area (Å²) in [5, 5.41) is 5.20. The van der Waals surface area contributed by atoms with Gasteiger partial charge in [0.1, 0.15) is 0 Å². The maximum Gasteiger partial charge on any atom is 0.340 e. The molecule has 0 aliphatic rings. The molecule has 9 nitrogen and oxygen atoms in total. The van der Waals surface area contributed by atoms with Crippen molar-refractivity contribution in [1.29, 1.82) is 0 Å². The van der Waals surface area contributed by atoms with Gasteiger partial charge in [0.2, 0.25) is 5.78 Å². The lowest BCUT2D eigenvalue weighted by molar-refractivity contribution is 0.0474. The number of ether oxygens (including phenoxy) is 2. The first-order valence-corrected chi connectivity index (χ1v) is 12.9. The van der Waals surface area contributed by atoms with Gasteiger partial charge in [0.15, 0.2) is 12.3 Å². The zero-order valence-electron chi connectivity index (χ0n) is 22.6. The number of para-hydroxylation sites is 1. The molecule has 3 aromatic heterocycles. The van der Waals surface area contributed by atoms with Crippen molar-refractivity contribution in [2.75, 3.05) is 13.2 Å². The highest BCUT2D eigenvalue weighted by atomic mass is 16.5. The average molecular weight is 537 g/mol. The van der Waals surface area contributed by atoms with Crippen molar-refractivity contribution in [2.45, 2.75) is 27.7 Å². The Hall–Kier alpha value is -5.05. The number of benzene rings is 2. The smallest absolute Gasteiger partial charge is 0.340 e. The Kier molecular flexibility index (Phi) is 7.29. The molecule has 2 aromatic carbocycles. The van der Waals surface area contributed by atoms with Crippen LogP contribution in [0, 0.1) is 20.8 Å². The Labute approximate surface area is 230 Å². The summed E-state index contributed by atoms with van der Waals surface area (Å²) in [7, 11) is 0. The van der Waals surface area contributed by atoms with E-state index in [1.807, 2.05) is 60.7 Å². The molecule has 1 N–H and O–H groups in total. The Bertz CT molecular complexity index is 1740. The van der Waals surface area contributed by atoms with Crippen molar-refractivity contribution in [3.8, 4) is 16.9 Å². The van der Waals surface area contributed by atoms with Gasteiger partial charge < -0.3 is 14.5 Å². The number of aryl methyl sites for hydroxylation is 3. The fraction of sp³-hybridized carbons (Fsp3) is 0.194. The number of aromatic nitrogens is 4. The van der Waals surface area contributed by atoms with Gasteiger partial charge in [-0.1, -0.05) is 48.5 Å². The quantitative estimate of drug-likeness (QED) is 0.204. The fourth-order valence-corrected chi connectivity index (χ4v) is 4.83. The molecule has 5 aromatic rings. The van der Waals surface area contributed by atoms with Gasteiger partial charge in [0, 0.05) is 17.0 Å². The highest BCUT2D eigenvalue weighted by Crippen LogP contribution is 2.29. The number of rotatable bonds is 8. The van der Waals surface area contributed by atoms with E-state index in [2.05, 4.69) is 10.1 Å². The number of H-pyrrole nitrogens is 1. The average Bonchev–Trinajstić information content (AvgIpc) is 3.46. The maximum absolute atomic E-state index is 13.5. The van der Waals surface area contributed by atoms with E-state index in [-0.39, 0.29) is 23.3 Å². The molecule has 40 heavy (non-hydrogen) atoms. The highest BCUT2D eigenvalue weighted by Gasteiger charge is 2.27. The number of ketones is 1. The maximum atomic E-state index is 13.5. The number of fused-ring (bicyclic) bond motifs is 1. The van der Waals surface area contributed by atoms with Crippen molar-refractivity contribution in [1.82, 2.24) is 19.7 Å². The summed E-state index contributed by atoms with van der Waals surface area (Å²) in [6.07, 6.45) is 0. The van der Waals surface area contributed by atoms with E-state index in [0.29, 0.717) is 33.8 Å². The minimum Gasteiger partial charge on any atom is -0.462 e. The molecule has 0 spiro atoms. The molecule has 0 bridgehead atoms. The molecule has 0 saturated carbocycles. The molecule has 202 valence electrons. The highest BCUT2D eigenvalue weighted by molar-refractivity contribution is 6.10. The van der Waals surface area contributed by atoms with Crippen molar-refractivity contribution in [3.63, 3.8) is 0 Å². The fourth-order valence-electron chi connectivity index (χ4n) is 4.83. The van der Waals surface area contributed by atoms with E-state index in [1.54, 1.807) is 38.4 Å². The van der Waals surface area contributed by atoms with Gasteiger partial charge in [0.25, 0.3) is 0 Å². The number of carbonyl (C=O) groups excluding carboxylic acids is 3. The first kappa shape index (κ1) is 26.6. The molecule has 0 saturated heterocycles. The molecule has 0 amide bonds. The SMILES string of the molecule is CCOC(=O)c1c(C)[nH]c(C)c1C(=O)COC(=O)c1cc(-c2ccccc2)nc2c1c(C)nn2-c1ccccc1. The number of nitrogens with one attached hydrogen (secondary N) is 1. The molecular weight excluding hydrogens is 508 g/mol. The van der Waals surface area contributed by atoms with Gasteiger partial charge in [-0.05, 0) is 45.9 Å². The second-order valence-electron chi connectivity index (χ2n) is 9.30. The summed E-state index contributed by atoms with van der Waals surface area (Å²) in [4.78, 5) is 47.2. The molecule has 0 radical (unpaired) electrons. The third kappa shape index (κ3) is 4.89. The summed E-state index contributed by atoms with van der Waals surface area (Å²) in [6, 6.07) is 20.6. The van der Waals surface area contributed by atoms with Gasteiger partial charge >= 0.3 is 11.9 Å². The zero-order chi connectivity index (χ0) is 28.4. The van der Waals surface area contributed by atoms with Crippen LogP contribution < -0.4 is 0 Å². The molecule has 3 heterocycles. The molecule has 0 atom stereocenters. The molecule has 0 aliphatic carbocycles. The Morgan fingerprint density at radius 1 is 0.850 bits per heavy atom. The van der Waals surface area contributed by atoms with Gasteiger partial charge in [-0.15, -0.1) is 0 Å².